The SMILES string of the molecule is CC1CN(C(=N)N)C2(C)OS(=O)(=O)OC2N1. The summed E-state index contributed by atoms with van der Waals surface area (Å²) in [5.41, 5.74) is 4.12. The van der Waals surface area contributed by atoms with Gasteiger partial charge in [-0.25, -0.2) is 8.37 Å². The van der Waals surface area contributed by atoms with E-state index in [0.29, 0.717) is 6.54 Å². The second-order valence-corrected chi connectivity index (χ2v) is 5.26. The molecule has 3 unspecified atom stereocenters. The largest absolute Gasteiger partial charge is 0.404 e. The topological polar surface area (TPSA) is 118 Å². The zero-order valence-corrected chi connectivity index (χ0v) is 9.74. The van der Waals surface area contributed by atoms with Gasteiger partial charge in [-0.15, -0.1) is 0 Å². The molecule has 0 bridgehead atoms. The van der Waals surface area contributed by atoms with Gasteiger partial charge in [0.25, 0.3) is 0 Å². The Bertz CT molecular complexity index is 424. The molecule has 2 fully saturated rings. The van der Waals surface area contributed by atoms with Crippen LogP contribution in [0.15, 0.2) is 0 Å². The highest BCUT2D eigenvalue weighted by atomic mass is 32.3. The lowest BCUT2D eigenvalue weighted by Crippen LogP contribution is -2.69. The van der Waals surface area contributed by atoms with Crippen molar-refractivity contribution in [2.45, 2.75) is 31.8 Å². The molecular formula is C7H14N4O4S. The summed E-state index contributed by atoms with van der Waals surface area (Å²) < 4.78 is 32.1. The minimum absolute atomic E-state index is 0.0566. The Kier molecular flexibility index (Phi) is 2.38. The third kappa shape index (κ3) is 1.65. The van der Waals surface area contributed by atoms with Crippen LogP contribution < -0.4 is 11.1 Å². The van der Waals surface area contributed by atoms with Crippen molar-refractivity contribution in [2.24, 2.45) is 5.73 Å². The molecule has 9 heteroatoms. The highest BCUT2D eigenvalue weighted by molar-refractivity contribution is 7.82. The van der Waals surface area contributed by atoms with E-state index in [1.165, 1.54) is 11.8 Å². The Hall–Kier alpha value is -0.900. The maximum absolute atomic E-state index is 11.3. The van der Waals surface area contributed by atoms with Gasteiger partial charge in [0.15, 0.2) is 12.2 Å². The Balaban J connectivity index is 2.39. The third-order valence-corrected chi connectivity index (χ3v) is 3.66. The number of guanidine groups is 1. The third-order valence-electron chi connectivity index (χ3n) is 2.69. The Morgan fingerprint density at radius 1 is 1.69 bits per heavy atom. The number of fused-ring (bicyclic) bond motifs is 1. The summed E-state index contributed by atoms with van der Waals surface area (Å²) in [6.45, 7) is 3.73. The Labute approximate surface area is 93.5 Å². The van der Waals surface area contributed by atoms with Crippen LogP contribution in [0.4, 0.5) is 0 Å². The first kappa shape index (κ1) is 11.6. The molecule has 2 heterocycles. The van der Waals surface area contributed by atoms with Gasteiger partial charge in [0.05, 0.1) is 0 Å². The van der Waals surface area contributed by atoms with Crippen LogP contribution in [-0.2, 0) is 18.8 Å². The van der Waals surface area contributed by atoms with Crippen molar-refractivity contribution in [3.8, 4) is 0 Å². The fraction of sp³-hybridized carbons (Fsp3) is 0.857. The van der Waals surface area contributed by atoms with Crippen LogP contribution in [-0.4, -0.2) is 43.8 Å². The van der Waals surface area contributed by atoms with E-state index in [1.807, 2.05) is 6.92 Å². The van der Waals surface area contributed by atoms with Gasteiger partial charge in [-0.1, -0.05) is 0 Å². The average molecular weight is 250 g/mol. The molecule has 16 heavy (non-hydrogen) atoms. The van der Waals surface area contributed by atoms with Gasteiger partial charge in [-0.2, -0.15) is 8.42 Å². The molecule has 3 atom stereocenters. The lowest BCUT2D eigenvalue weighted by molar-refractivity contribution is -0.0967. The molecule has 2 aliphatic rings. The van der Waals surface area contributed by atoms with E-state index in [1.54, 1.807) is 0 Å². The fourth-order valence-electron chi connectivity index (χ4n) is 1.95. The van der Waals surface area contributed by atoms with Crippen molar-refractivity contribution >= 4 is 16.4 Å². The van der Waals surface area contributed by atoms with Gasteiger partial charge in [0.1, 0.15) is 0 Å². The average Bonchev–Trinajstić information content (AvgIpc) is 2.32. The summed E-state index contributed by atoms with van der Waals surface area (Å²) >= 11 is 0. The van der Waals surface area contributed by atoms with Crippen molar-refractivity contribution in [1.82, 2.24) is 10.2 Å². The van der Waals surface area contributed by atoms with E-state index in [9.17, 15) is 8.42 Å². The number of nitrogens with one attached hydrogen (secondary N) is 2. The smallest absolute Gasteiger partial charge is 0.370 e. The number of nitrogens with zero attached hydrogens (tertiary/aromatic N) is 1. The molecule has 0 saturated carbocycles. The van der Waals surface area contributed by atoms with E-state index in [-0.39, 0.29) is 12.0 Å². The van der Waals surface area contributed by atoms with Gasteiger partial charge in [-0.05, 0) is 13.8 Å². The monoisotopic (exact) mass is 250 g/mol. The minimum atomic E-state index is -4.03. The summed E-state index contributed by atoms with van der Waals surface area (Å²) in [5, 5.41) is 10.4. The number of hydrogen-bond donors (Lipinski definition) is 3. The zero-order valence-electron chi connectivity index (χ0n) is 8.93. The molecule has 92 valence electrons. The lowest BCUT2D eigenvalue weighted by atomic mass is 10.1. The van der Waals surface area contributed by atoms with Crippen LogP contribution in [0.25, 0.3) is 0 Å². The molecule has 2 aliphatic heterocycles. The maximum Gasteiger partial charge on any atom is 0.404 e. The fourth-order valence-corrected chi connectivity index (χ4v) is 3.05. The minimum Gasteiger partial charge on any atom is -0.370 e. The van der Waals surface area contributed by atoms with Crippen molar-refractivity contribution in [2.75, 3.05) is 6.54 Å². The summed E-state index contributed by atoms with van der Waals surface area (Å²) in [7, 11) is -4.03. The van der Waals surface area contributed by atoms with Crippen molar-refractivity contribution in [3.05, 3.63) is 0 Å². The normalized spacial score (nSPS) is 41.8. The molecule has 2 rings (SSSR count). The molecule has 4 N–H and O–H groups in total. The summed E-state index contributed by atoms with van der Waals surface area (Å²) in [5.74, 6) is -0.249. The summed E-state index contributed by atoms with van der Waals surface area (Å²) in [6.07, 6.45) is -0.856. The van der Waals surface area contributed by atoms with Crippen LogP contribution in [0.3, 0.4) is 0 Å². The Morgan fingerprint density at radius 2 is 2.31 bits per heavy atom. The summed E-state index contributed by atoms with van der Waals surface area (Å²) in [4.78, 5) is 1.36. The van der Waals surface area contributed by atoms with Gasteiger partial charge in [0, 0.05) is 12.6 Å². The first-order valence-electron chi connectivity index (χ1n) is 4.76. The van der Waals surface area contributed by atoms with E-state index in [4.69, 9.17) is 19.5 Å². The molecule has 0 amide bonds. The molecule has 0 spiro atoms. The van der Waals surface area contributed by atoms with Crippen molar-refractivity contribution < 1.29 is 16.8 Å². The molecule has 0 radical (unpaired) electrons. The zero-order chi connectivity index (χ0) is 12.1. The van der Waals surface area contributed by atoms with E-state index in [2.05, 4.69) is 5.32 Å². The number of rotatable bonds is 0. The van der Waals surface area contributed by atoms with Gasteiger partial charge < -0.3 is 10.6 Å². The van der Waals surface area contributed by atoms with Gasteiger partial charge in [-0.3, -0.25) is 10.7 Å². The van der Waals surface area contributed by atoms with E-state index >= 15 is 0 Å². The predicted octanol–water partition coefficient (Wildman–Crippen LogP) is -1.49. The van der Waals surface area contributed by atoms with Crippen LogP contribution in [0.5, 0.6) is 0 Å². The second-order valence-electron chi connectivity index (χ2n) is 4.09. The second kappa shape index (κ2) is 3.29. The lowest BCUT2D eigenvalue weighted by Gasteiger charge is -2.45. The predicted molar refractivity (Wildman–Crippen MR) is 54.5 cm³/mol. The Morgan fingerprint density at radius 3 is 2.88 bits per heavy atom. The highest BCUT2D eigenvalue weighted by Gasteiger charge is 2.57. The molecule has 0 aromatic heterocycles. The van der Waals surface area contributed by atoms with Gasteiger partial charge >= 0.3 is 10.4 Å². The quantitative estimate of drug-likeness (QED) is 0.354. The molecule has 0 aromatic carbocycles. The number of piperazine rings is 1. The van der Waals surface area contributed by atoms with E-state index in [0.717, 1.165) is 0 Å². The van der Waals surface area contributed by atoms with E-state index < -0.39 is 22.4 Å². The van der Waals surface area contributed by atoms with Crippen molar-refractivity contribution in [1.29, 1.82) is 5.41 Å². The van der Waals surface area contributed by atoms with Gasteiger partial charge in [0.2, 0.25) is 5.72 Å². The molecule has 0 aliphatic carbocycles. The molecule has 0 aromatic rings. The summed E-state index contributed by atoms with van der Waals surface area (Å²) in [6, 6.07) is -0.0566. The maximum atomic E-state index is 11.3. The molecule has 8 nitrogen and oxygen atoms in total. The first-order valence-corrected chi connectivity index (χ1v) is 6.09. The first-order chi connectivity index (χ1) is 7.24. The van der Waals surface area contributed by atoms with Crippen LogP contribution in [0, 0.1) is 5.41 Å². The highest BCUT2D eigenvalue weighted by Crippen LogP contribution is 2.35. The standard InChI is InChI=1S/C7H14N4O4S/c1-4-3-11(6(8)9)7(2)5(10-4)14-16(12,13)15-7/h4-5,10H,3H2,1-2H3,(H3,8,9). The molecular weight excluding hydrogens is 236 g/mol. The number of hydrogen-bond acceptors (Lipinski definition) is 6. The van der Waals surface area contributed by atoms with Crippen LogP contribution >= 0.6 is 0 Å². The van der Waals surface area contributed by atoms with Crippen molar-refractivity contribution in [3.63, 3.8) is 0 Å². The van der Waals surface area contributed by atoms with Crippen LogP contribution in [0.1, 0.15) is 13.8 Å². The number of nitrogens with two attached hydrogens (primary N) is 1. The van der Waals surface area contributed by atoms with Crippen LogP contribution in [0.2, 0.25) is 0 Å². The molecule has 2 saturated heterocycles.